The summed E-state index contributed by atoms with van der Waals surface area (Å²) in [7, 11) is 1.72. The van der Waals surface area contributed by atoms with Gasteiger partial charge in [-0.25, -0.2) is 4.39 Å². The molecule has 1 aromatic rings. The number of hydrogen-bond acceptors (Lipinski definition) is 3. The second-order valence-electron chi connectivity index (χ2n) is 6.36. The Kier molecular flexibility index (Phi) is 10.9. The van der Waals surface area contributed by atoms with Crippen LogP contribution in [0.5, 0.6) is 5.75 Å². The van der Waals surface area contributed by atoms with E-state index in [4.69, 9.17) is 9.47 Å². The van der Waals surface area contributed by atoms with E-state index in [1.807, 2.05) is 19.9 Å². The first kappa shape index (κ1) is 23.0. The topological polar surface area (TPSA) is 54.9 Å². The zero-order valence-corrected chi connectivity index (χ0v) is 18.2. The van der Waals surface area contributed by atoms with Crippen molar-refractivity contribution in [1.29, 1.82) is 0 Å². The highest BCUT2D eigenvalue weighted by Gasteiger charge is 2.22. The smallest absolute Gasteiger partial charge is 0.191 e. The zero-order chi connectivity index (χ0) is 18.1. The van der Waals surface area contributed by atoms with Gasteiger partial charge in [-0.3, -0.25) is 4.99 Å². The van der Waals surface area contributed by atoms with E-state index >= 15 is 0 Å². The molecule has 148 valence electrons. The molecule has 7 heteroatoms. The first-order chi connectivity index (χ1) is 12.1. The summed E-state index contributed by atoms with van der Waals surface area (Å²) in [6, 6.07) is 5.07. The molecule has 0 aliphatic heterocycles. The second kappa shape index (κ2) is 12.3. The maximum absolute atomic E-state index is 14.2. The van der Waals surface area contributed by atoms with Crippen molar-refractivity contribution in [2.75, 3.05) is 33.4 Å². The molecule has 0 heterocycles. The lowest BCUT2D eigenvalue weighted by molar-refractivity contribution is 0.145. The van der Waals surface area contributed by atoms with E-state index in [1.54, 1.807) is 13.1 Å². The molecular formula is C19H31FIN3O2. The predicted octanol–water partition coefficient (Wildman–Crippen LogP) is 3.89. The number of aliphatic imine (C=N–C) groups is 1. The van der Waals surface area contributed by atoms with Gasteiger partial charge in [0.1, 0.15) is 0 Å². The third-order valence-corrected chi connectivity index (χ3v) is 4.17. The third kappa shape index (κ3) is 8.07. The van der Waals surface area contributed by atoms with Crippen LogP contribution < -0.4 is 15.4 Å². The highest BCUT2D eigenvalue weighted by molar-refractivity contribution is 14.0. The van der Waals surface area contributed by atoms with Gasteiger partial charge in [0.05, 0.1) is 12.6 Å². The molecule has 1 atom stereocenters. The number of hydrogen-bond donors (Lipinski definition) is 2. The average molecular weight is 479 g/mol. The van der Waals surface area contributed by atoms with Gasteiger partial charge in [0.25, 0.3) is 0 Å². The largest absolute Gasteiger partial charge is 0.490 e. The first-order valence-electron chi connectivity index (χ1n) is 9.11. The average Bonchev–Trinajstić information content (AvgIpc) is 3.43. The molecule has 0 spiro atoms. The van der Waals surface area contributed by atoms with Crippen LogP contribution in [0.2, 0.25) is 0 Å². The van der Waals surface area contributed by atoms with E-state index in [-0.39, 0.29) is 35.8 Å². The summed E-state index contributed by atoms with van der Waals surface area (Å²) in [6.45, 7) is 6.81. The molecule has 1 aromatic carbocycles. The van der Waals surface area contributed by atoms with Gasteiger partial charge in [0.15, 0.2) is 17.5 Å². The summed E-state index contributed by atoms with van der Waals surface area (Å²) >= 11 is 0. The molecular weight excluding hydrogens is 448 g/mol. The summed E-state index contributed by atoms with van der Waals surface area (Å²) in [6.07, 6.45) is 3.29. The van der Waals surface area contributed by atoms with Gasteiger partial charge in [-0.05, 0) is 56.7 Å². The molecule has 2 rings (SSSR count). The first-order valence-corrected chi connectivity index (χ1v) is 9.11. The molecule has 1 unspecified atom stereocenters. The normalized spacial score (nSPS) is 15.2. The minimum Gasteiger partial charge on any atom is -0.490 e. The van der Waals surface area contributed by atoms with Crippen LogP contribution in [0, 0.1) is 11.7 Å². The van der Waals surface area contributed by atoms with Crippen molar-refractivity contribution in [2.24, 2.45) is 10.9 Å². The molecule has 5 nitrogen and oxygen atoms in total. The minimum atomic E-state index is -0.313. The quantitative estimate of drug-likeness (QED) is 0.232. The van der Waals surface area contributed by atoms with Gasteiger partial charge in [-0.2, -0.15) is 0 Å². The lowest BCUT2D eigenvalue weighted by Gasteiger charge is -2.19. The number of nitrogens with one attached hydrogen (secondary N) is 2. The molecule has 0 amide bonds. The molecule has 2 N–H and O–H groups in total. The van der Waals surface area contributed by atoms with Crippen LogP contribution in [-0.2, 0) is 4.74 Å². The van der Waals surface area contributed by atoms with Crippen LogP contribution in [0.1, 0.15) is 44.7 Å². The van der Waals surface area contributed by atoms with Gasteiger partial charge in [0, 0.05) is 26.8 Å². The van der Waals surface area contributed by atoms with Crippen molar-refractivity contribution in [2.45, 2.75) is 39.2 Å². The fraction of sp³-hybridized carbons (Fsp3) is 0.632. The van der Waals surface area contributed by atoms with Crippen LogP contribution in [0.25, 0.3) is 0 Å². The third-order valence-electron chi connectivity index (χ3n) is 4.17. The Labute approximate surface area is 173 Å². The highest BCUT2D eigenvalue weighted by atomic mass is 127. The van der Waals surface area contributed by atoms with Crippen LogP contribution in [0.4, 0.5) is 4.39 Å². The Hall–Kier alpha value is -1.09. The Morgan fingerprint density at radius 3 is 2.77 bits per heavy atom. The molecule has 0 saturated heterocycles. The lowest BCUT2D eigenvalue weighted by atomic mass is 10.1. The molecule has 1 aliphatic rings. The number of benzene rings is 1. The maximum atomic E-state index is 14.2. The van der Waals surface area contributed by atoms with E-state index in [2.05, 4.69) is 15.6 Å². The SMILES string of the molecule is CCOCCCNC(=NC)NC(C)c1ccc(OCC2CC2)c(F)c1.I. The van der Waals surface area contributed by atoms with E-state index in [9.17, 15) is 4.39 Å². The summed E-state index contributed by atoms with van der Waals surface area (Å²) < 4.78 is 25.1. The monoisotopic (exact) mass is 479 g/mol. The van der Waals surface area contributed by atoms with E-state index in [0.29, 0.717) is 24.2 Å². The van der Waals surface area contributed by atoms with Crippen molar-refractivity contribution in [1.82, 2.24) is 10.6 Å². The number of ether oxygens (including phenoxy) is 2. The molecule has 0 bridgehead atoms. The Bertz CT molecular complexity index is 568. The number of halogens is 2. The molecule has 1 aliphatic carbocycles. The molecule has 1 saturated carbocycles. The zero-order valence-electron chi connectivity index (χ0n) is 15.9. The lowest BCUT2D eigenvalue weighted by Crippen LogP contribution is -2.39. The van der Waals surface area contributed by atoms with Gasteiger partial charge >= 0.3 is 0 Å². The van der Waals surface area contributed by atoms with Crippen molar-refractivity contribution in [3.63, 3.8) is 0 Å². The molecule has 0 aromatic heterocycles. The van der Waals surface area contributed by atoms with Gasteiger partial charge in [-0.1, -0.05) is 6.07 Å². The number of nitrogens with zero attached hydrogens (tertiary/aromatic N) is 1. The fourth-order valence-corrected chi connectivity index (χ4v) is 2.40. The van der Waals surface area contributed by atoms with Gasteiger partial charge in [-0.15, -0.1) is 24.0 Å². The standard InChI is InChI=1S/C19H30FN3O2.HI/c1-4-24-11-5-10-22-19(21-3)23-14(2)16-8-9-18(17(20)12-16)25-13-15-6-7-15;/h8-9,12,14-15H,4-7,10-11,13H2,1-3H3,(H2,21,22,23);1H. The van der Waals surface area contributed by atoms with Crippen molar-refractivity contribution >= 4 is 29.9 Å². The Morgan fingerprint density at radius 1 is 1.38 bits per heavy atom. The highest BCUT2D eigenvalue weighted by Crippen LogP contribution is 2.30. The van der Waals surface area contributed by atoms with E-state index < -0.39 is 0 Å². The minimum absolute atomic E-state index is 0. The van der Waals surface area contributed by atoms with Crippen LogP contribution in [0.15, 0.2) is 23.2 Å². The van der Waals surface area contributed by atoms with Crippen LogP contribution in [-0.4, -0.2) is 39.4 Å². The van der Waals surface area contributed by atoms with Crippen LogP contribution >= 0.6 is 24.0 Å². The Balaban J connectivity index is 0.00000338. The fourth-order valence-electron chi connectivity index (χ4n) is 2.40. The second-order valence-corrected chi connectivity index (χ2v) is 6.36. The molecule has 1 fully saturated rings. The summed E-state index contributed by atoms with van der Waals surface area (Å²) in [5.74, 6) is 1.32. The summed E-state index contributed by atoms with van der Waals surface area (Å²) in [5, 5.41) is 6.51. The van der Waals surface area contributed by atoms with E-state index in [0.717, 1.165) is 31.7 Å². The summed E-state index contributed by atoms with van der Waals surface area (Å²) in [5.41, 5.74) is 0.855. The van der Waals surface area contributed by atoms with Crippen molar-refractivity contribution < 1.29 is 13.9 Å². The Morgan fingerprint density at radius 2 is 2.15 bits per heavy atom. The van der Waals surface area contributed by atoms with Gasteiger partial charge < -0.3 is 20.1 Å². The number of rotatable bonds is 10. The van der Waals surface area contributed by atoms with Gasteiger partial charge in [0.2, 0.25) is 0 Å². The number of guanidine groups is 1. The van der Waals surface area contributed by atoms with E-state index in [1.165, 1.54) is 18.9 Å². The van der Waals surface area contributed by atoms with Crippen molar-refractivity contribution in [3.8, 4) is 5.75 Å². The van der Waals surface area contributed by atoms with Crippen molar-refractivity contribution in [3.05, 3.63) is 29.6 Å². The molecule has 0 radical (unpaired) electrons. The van der Waals surface area contributed by atoms with Crippen LogP contribution in [0.3, 0.4) is 0 Å². The predicted molar refractivity (Wildman–Crippen MR) is 114 cm³/mol. The molecule has 26 heavy (non-hydrogen) atoms. The summed E-state index contributed by atoms with van der Waals surface area (Å²) in [4.78, 5) is 4.20. The maximum Gasteiger partial charge on any atom is 0.191 e.